The number of benzene rings is 2. The van der Waals surface area contributed by atoms with Gasteiger partial charge in [-0.1, -0.05) is 37.3 Å². The fourth-order valence-electron chi connectivity index (χ4n) is 2.75. The number of aryl methyl sites for hydroxylation is 1. The van der Waals surface area contributed by atoms with Crippen LogP contribution in [0.15, 0.2) is 48.5 Å². The highest BCUT2D eigenvalue weighted by molar-refractivity contribution is 6.11. The van der Waals surface area contributed by atoms with Gasteiger partial charge in [0.05, 0.1) is 11.4 Å². The highest BCUT2D eigenvalue weighted by Gasteiger charge is 2.32. The van der Waals surface area contributed by atoms with Gasteiger partial charge in [0.15, 0.2) is 6.10 Å². The molecule has 24 heavy (non-hydrogen) atoms. The van der Waals surface area contributed by atoms with E-state index in [4.69, 9.17) is 4.74 Å². The van der Waals surface area contributed by atoms with Crippen LogP contribution < -0.4 is 15.0 Å². The molecule has 5 nitrogen and oxygen atoms in total. The molecule has 0 radical (unpaired) electrons. The van der Waals surface area contributed by atoms with Crippen LogP contribution in [-0.2, 0) is 9.59 Å². The number of nitrogens with zero attached hydrogens (tertiary/aromatic N) is 1. The maximum absolute atomic E-state index is 13.0. The summed E-state index contributed by atoms with van der Waals surface area (Å²) in [6.45, 7) is 3.84. The Hall–Kier alpha value is -2.82. The van der Waals surface area contributed by atoms with Crippen LogP contribution in [-0.4, -0.2) is 24.5 Å². The molecule has 0 fully saturated rings. The van der Waals surface area contributed by atoms with E-state index < -0.39 is 6.10 Å². The molecule has 2 aromatic rings. The molecule has 0 saturated carbocycles. The molecule has 1 unspecified atom stereocenters. The lowest BCUT2D eigenvalue weighted by molar-refractivity contribution is -0.127. The standard InChI is InChI=1S/C19H20N2O3/c1-3-16(24-17-11-7-4-8-13(17)2)19(23)21-12-18(22)20-14-9-5-6-10-15(14)21/h4-11,16H,3,12H2,1-2H3,(H,20,22). The SMILES string of the molecule is CCC(Oc1ccccc1C)C(=O)N1CC(=O)Nc2ccccc21. The molecular formula is C19H20N2O3. The van der Waals surface area contributed by atoms with E-state index in [0.29, 0.717) is 23.5 Å². The molecule has 3 rings (SSSR count). The zero-order chi connectivity index (χ0) is 17.1. The maximum Gasteiger partial charge on any atom is 0.268 e. The predicted octanol–water partition coefficient (Wildman–Crippen LogP) is 3.14. The quantitative estimate of drug-likeness (QED) is 0.940. The van der Waals surface area contributed by atoms with Gasteiger partial charge in [-0.15, -0.1) is 0 Å². The van der Waals surface area contributed by atoms with Gasteiger partial charge in [-0.05, 0) is 37.1 Å². The van der Waals surface area contributed by atoms with Crippen LogP contribution in [0.5, 0.6) is 5.75 Å². The number of ether oxygens (including phenoxy) is 1. The van der Waals surface area contributed by atoms with E-state index in [1.54, 1.807) is 6.07 Å². The number of carbonyl (C=O) groups excluding carboxylic acids is 2. The minimum absolute atomic E-state index is 0.00345. The van der Waals surface area contributed by atoms with E-state index in [0.717, 1.165) is 5.56 Å². The number of carbonyl (C=O) groups is 2. The topological polar surface area (TPSA) is 58.6 Å². The van der Waals surface area contributed by atoms with Crippen LogP contribution in [0.3, 0.4) is 0 Å². The van der Waals surface area contributed by atoms with Crippen molar-refractivity contribution in [2.75, 3.05) is 16.8 Å². The first kappa shape index (κ1) is 16.1. The van der Waals surface area contributed by atoms with Crippen molar-refractivity contribution in [2.45, 2.75) is 26.4 Å². The first-order valence-electron chi connectivity index (χ1n) is 8.02. The van der Waals surface area contributed by atoms with E-state index in [1.807, 2.05) is 56.3 Å². The van der Waals surface area contributed by atoms with Crippen LogP contribution in [0.1, 0.15) is 18.9 Å². The zero-order valence-corrected chi connectivity index (χ0v) is 13.8. The molecule has 0 bridgehead atoms. The minimum Gasteiger partial charge on any atom is -0.480 e. The van der Waals surface area contributed by atoms with E-state index in [-0.39, 0.29) is 18.4 Å². The van der Waals surface area contributed by atoms with Crippen molar-refractivity contribution in [1.29, 1.82) is 0 Å². The number of fused-ring (bicyclic) bond motifs is 1. The second-order valence-corrected chi connectivity index (χ2v) is 5.77. The minimum atomic E-state index is -0.634. The van der Waals surface area contributed by atoms with Gasteiger partial charge in [0, 0.05) is 0 Å². The van der Waals surface area contributed by atoms with E-state index in [1.165, 1.54) is 4.90 Å². The molecular weight excluding hydrogens is 304 g/mol. The van der Waals surface area contributed by atoms with Crippen molar-refractivity contribution in [3.63, 3.8) is 0 Å². The predicted molar refractivity (Wildman–Crippen MR) is 93.3 cm³/mol. The van der Waals surface area contributed by atoms with Crippen LogP contribution in [0.4, 0.5) is 11.4 Å². The molecule has 0 aliphatic carbocycles. The molecule has 2 amide bonds. The molecule has 0 saturated heterocycles. The molecule has 5 heteroatoms. The third-order valence-electron chi connectivity index (χ3n) is 4.05. The van der Waals surface area contributed by atoms with Crippen LogP contribution in [0.2, 0.25) is 0 Å². The Morgan fingerprint density at radius 3 is 2.67 bits per heavy atom. The lowest BCUT2D eigenvalue weighted by Gasteiger charge is -2.31. The van der Waals surface area contributed by atoms with Crippen molar-refractivity contribution in [3.05, 3.63) is 54.1 Å². The fraction of sp³-hybridized carbons (Fsp3) is 0.263. The van der Waals surface area contributed by atoms with Crippen molar-refractivity contribution in [2.24, 2.45) is 0 Å². The molecule has 0 aromatic heterocycles. The summed E-state index contributed by atoms with van der Waals surface area (Å²) < 4.78 is 5.94. The largest absolute Gasteiger partial charge is 0.480 e. The average Bonchev–Trinajstić information content (AvgIpc) is 2.59. The van der Waals surface area contributed by atoms with Crippen molar-refractivity contribution < 1.29 is 14.3 Å². The molecule has 1 aliphatic heterocycles. The highest BCUT2D eigenvalue weighted by atomic mass is 16.5. The third kappa shape index (κ3) is 3.11. The Kier molecular flexibility index (Phi) is 4.51. The first-order valence-corrected chi connectivity index (χ1v) is 8.02. The lowest BCUT2D eigenvalue weighted by atomic mass is 10.1. The van der Waals surface area contributed by atoms with Gasteiger partial charge >= 0.3 is 0 Å². The van der Waals surface area contributed by atoms with E-state index in [2.05, 4.69) is 5.32 Å². The monoisotopic (exact) mass is 324 g/mol. The van der Waals surface area contributed by atoms with Gasteiger partial charge in [-0.2, -0.15) is 0 Å². The Morgan fingerprint density at radius 2 is 1.92 bits per heavy atom. The van der Waals surface area contributed by atoms with Gasteiger partial charge in [0.25, 0.3) is 5.91 Å². The first-order chi connectivity index (χ1) is 11.6. The van der Waals surface area contributed by atoms with Crippen LogP contribution in [0, 0.1) is 6.92 Å². The number of rotatable bonds is 4. The summed E-state index contributed by atoms with van der Waals surface area (Å²) in [4.78, 5) is 26.4. The number of hydrogen-bond donors (Lipinski definition) is 1. The Bertz CT molecular complexity index is 773. The summed E-state index contributed by atoms with van der Waals surface area (Å²) in [5.41, 5.74) is 2.32. The Labute approximate surface area is 141 Å². The Morgan fingerprint density at radius 1 is 1.21 bits per heavy atom. The van der Waals surface area contributed by atoms with Crippen molar-refractivity contribution in [3.8, 4) is 5.75 Å². The zero-order valence-electron chi connectivity index (χ0n) is 13.8. The average molecular weight is 324 g/mol. The number of hydrogen-bond acceptors (Lipinski definition) is 3. The smallest absolute Gasteiger partial charge is 0.268 e. The highest BCUT2D eigenvalue weighted by Crippen LogP contribution is 2.30. The normalized spacial score (nSPS) is 14.6. The Balaban J connectivity index is 1.87. The second kappa shape index (κ2) is 6.74. The molecule has 124 valence electrons. The second-order valence-electron chi connectivity index (χ2n) is 5.77. The van der Waals surface area contributed by atoms with Gasteiger partial charge in [-0.25, -0.2) is 0 Å². The van der Waals surface area contributed by atoms with Gasteiger partial charge < -0.3 is 10.1 Å². The summed E-state index contributed by atoms with van der Waals surface area (Å²) in [6, 6.07) is 14.9. The van der Waals surface area contributed by atoms with Crippen molar-refractivity contribution in [1.82, 2.24) is 0 Å². The summed E-state index contributed by atoms with van der Waals surface area (Å²) in [5.74, 6) is 0.281. The number of amides is 2. The number of nitrogens with one attached hydrogen (secondary N) is 1. The van der Waals surface area contributed by atoms with E-state index >= 15 is 0 Å². The van der Waals surface area contributed by atoms with Crippen LogP contribution >= 0.6 is 0 Å². The molecule has 0 spiro atoms. The van der Waals surface area contributed by atoms with E-state index in [9.17, 15) is 9.59 Å². The summed E-state index contributed by atoms with van der Waals surface area (Å²) >= 11 is 0. The molecule has 1 N–H and O–H groups in total. The number of para-hydroxylation sites is 3. The molecule has 1 aliphatic rings. The summed E-state index contributed by atoms with van der Waals surface area (Å²) in [7, 11) is 0. The number of anilines is 2. The molecule has 1 atom stereocenters. The lowest BCUT2D eigenvalue weighted by Crippen LogP contribution is -2.48. The van der Waals surface area contributed by atoms with Gasteiger partial charge in [0.1, 0.15) is 12.3 Å². The maximum atomic E-state index is 13.0. The third-order valence-corrected chi connectivity index (χ3v) is 4.05. The van der Waals surface area contributed by atoms with Gasteiger partial charge in [-0.3, -0.25) is 14.5 Å². The van der Waals surface area contributed by atoms with Crippen molar-refractivity contribution >= 4 is 23.2 Å². The molecule has 1 heterocycles. The van der Waals surface area contributed by atoms with Crippen LogP contribution in [0.25, 0.3) is 0 Å². The molecule has 2 aromatic carbocycles. The van der Waals surface area contributed by atoms with Gasteiger partial charge in [0.2, 0.25) is 5.91 Å². The summed E-state index contributed by atoms with van der Waals surface area (Å²) in [6.07, 6.45) is -0.113. The summed E-state index contributed by atoms with van der Waals surface area (Å²) in [5, 5.41) is 2.79. The fourth-order valence-corrected chi connectivity index (χ4v) is 2.75.